The molecule has 3 aromatic rings. The van der Waals surface area contributed by atoms with Gasteiger partial charge in [-0.05, 0) is 23.8 Å². The van der Waals surface area contributed by atoms with E-state index in [1.807, 2.05) is 47.1 Å². The van der Waals surface area contributed by atoms with Crippen LogP contribution in [0.5, 0.6) is 0 Å². The predicted molar refractivity (Wildman–Crippen MR) is 69.5 cm³/mol. The van der Waals surface area contributed by atoms with Crippen LogP contribution in [-0.4, -0.2) is 9.32 Å². The maximum Gasteiger partial charge on any atom is 0.270 e. The summed E-state index contributed by atoms with van der Waals surface area (Å²) >= 11 is 0. The minimum absolute atomic E-state index is 0.114. The van der Waals surface area contributed by atoms with Gasteiger partial charge in [-0.15, -0.1) is 0 Å². The number of hydrogen-bond donors (Lipinski definition) is 0. The number of rotatable bonds is 2. The van der Waals surface area contributed by atoms with Crippen LogP contribution in [0.4, 0.5) is 5.69 Å². The van der Waals surface area contributed by atoms with E-state index in [-0.39, 0.29) is 10.6 Å². The first-order valence-electron chi connectivity index (χ1n) is 5.55. The van der Waals surface area contributed by atoms with Gasteiger partial charge in [0, 0.05) is 35.6 Å². The zero-order valence-electron chi connectivity index (χ0n) is 9.48. The van der Waals surface area contributed by atoms with Crippen molar-refractivity contribution in [3.63, 3.8) is 0 Å². The van der Waals surface area contributed by atoms with Crippen molar-refractivity contribution in [2.45, 2.75) is 0 Å². The Bertz CT molecular complexity index is 698. The van der Waals surface area contributed by atoms with Gasteiger partial charge in [0.25, 0.3) is 5.69 Å². The van der Waals surface area contributed by atoms with Crippen LogP contribution >= 0.6 is 0 Å². The second-order valence-electron chi connectivity index (χ2n) is 4.07. The topological polar surface area (TPSA) is 47.5 Å². The Morgan fingerprint density at radius 3 is 2.67 bits per heavy atom. The molecule has 1 aromatic carbocycles. The van der Waals surface area contributed by atoms with Gasteiger partial charge in [0.15, 0.2) is 0 Å². The van der Waals surface area contributed by atoms with Gasteiger partial charge >= 0.3 is 0 Å². The summed E-state index contributed by atoms with van der Waals surface area (Å²) in [5, 5.41) is 10.8. The number of pyridine rings is 1. The third kappa shape index (κ3) is 1.73. The molecule has 0 spiro atoms. The van der Waals surface area contributed by atoms with Gasteiger partial charge in [-0.2, -0.15) is 0 Å². The van der Waals surface area contributed by atoms with Gasteiger partial charge in [-0.25, -0.2) is 0 Å². The highest BCUT2D eigenvalue weighted by Crippen LogP contribution is 2.25. The number of aromatic nitrogens is 1. The van der Waals surface area contributed by atoms with Crippen molar-refractivity contribution in [1.82, 2.24) is 4.40 Å². The molecule has 0 aliphatic rings. The number of non-ortho nitro benzene ring substituents is 1. The SMILES string of the molecule is O=[N+]([O-])c1cccc(-c2cc3ccccn3c2)c1. The molecule has 0 amide bonds. The molecule has 3 rings (SSSR count). The van der Waals surface area contributed by atoms with Crippen molar-refractivity contribution in [2.24, 2.45) is 0 Å². The van der Waals surface area contributed by atoms with Crippen LogP contribution in [-0.2, 0) is 0 Å². The van der Waals surface area contributed by atoms with E-state index in [2.05, 4.69) is 0 Å². The van der Waals surface area contributed by atoms with Crippen molar-refractivity contribution in [3.05, 3.63) is 71.0 Å². The fourth-order valence-corrected chi connectivity index (χ4v) is 2.01. The first kappa shape index (κ1) is 10.5. The smallest absolute Gasteiger partial charge is 0.270 e. The molecule has 4 nitrogen and oxygen atoms in total. The van der Waals surface area contributed by atoms with Crippen molar-refractivity contribution in [2.75, 3.05) is 0 Å². The lowest BCUT2D eigenvalue weighted by Gasteiger charge is -1.96. The van der Waals surface area contributed by atoms with Crippen molar-refractivity contribution in [1.29, 1.82) is 0 Å². The summed E-state index contributed by atoms with van der Waals surface area (Å²) < 4.78 is 1.99. The van der Waals surface area contributed by atoms with Crippen molar-refractivity contribution in [3.8, 4) is 11.1 Å². The molecular weight excluding hydrogens is 228 g/mol. The van der Waals surface area contributed by atoms with E-state index in [4.69, 9.17) is 0 Å². The summed E-state index contributed by atoms with van der Waals surface area (Å²) in [7, 11) is 0. The van der Waals surface area contributed by atoms with Gasteiger partial charge in [-0.1, -0.05) is 18.2 Å². The molecule has 0 aliphatic carbocycles. The van der Waals surface area contributed by atoms with E-state index in [9.17, 15) is 10.1 Å². The molecule has 2 heterocycles. The van der Waals surface area contributed by atoms with Crippen molar-refractivity contribution >= 4 is 11.2 Å². The third-order valence-electron chi connectivity index (χ3n) is 2.89. The Labute approximate surface area is 103 Å². The molecule has 88 valence electrons. The molecule has 0 unspecified atom stereocenters. The van der Waals surface area contributed by atoms with Crippen LogP contribution in [0.3, 0.4) is 0 Å². The average molecular weight is 238 g/mol. The van der Waals surface area contributed by atoms with E-state index >= 15 is 0 Å². The van der Waals surface area contributed by atoms with E-state index in [0.29, 0.717) is 0 Å². The second kappa shape index (κ2) is 4.00. The quantitative estimate of drug-likeness (QED) is 0.506. The summed E-state index contributed by atoms with van der Waals surface area (Å²) in [6, 6.07) is 14.6. The average Bonchev–Trinajstić information content (AvgIpc) is 2.82. The number of hydrogen-bond acceptors (Lipinski definition) is 2. The van der Waals surface area contributed by atoms with Crippen LogP contribution in [0.1, 0.15) is 0 Å². The molecule has 0 aliphatic heterocycles. The Morgan fingerprint density at radius 2 is 1.89 bits per heavy atom. The molecule has 0 bridgehead atoms. The largest absolute Gasteiger partial charge is 0.323 e. The Balaban J connectivity index is 2.13. The maximum absolute atomic E-state index is 10.8. The molecule has 0 radical (unpaired) electrons. The summed E-state index contributed by atoms with van der Waals surface area (Å²) in [6.07, 6.45) is 3.92. The monoisotopic (exact) mass is 238 g/mol. The third-order valence-corrected chi connectivity index (χ3v) is 2.89. The molecule has 0 N–H and O–H groups in total. The number of benzene rings is 1. The van der Waals surface area contributed by atoms with Crippen LogP contribution in [0, 0.1) is 10.1 Å². The zero-order valence-corrected chi connectivity index (χ0v) is 9.48. The molecule has 2 aromatic heterocycles. The fourth-order valence-electron chi connectivity index (χ4n) is 2.01. The molecule has 0 saturated carbocycles. The summed E-state index contributed by atoms with van der Waals surface area (Å²) in [6.45, 7) is 0. The highest BCUT2D eigenvalue weighted by Gasteiger charge is 2.08. The zero-order chi connectivity index (χ0) is 12.5. The summed E-state index contributed by atoms with van der Waals surface area (Å²) in [4.78, 5) is 10.4. The van der Waals surface area contributed by atoms with E-state index in [1.165, 1.54) is 6.07 Å². The predicted octanol–water partition coefficient (Wildman–Crippen LogP) is 3.51. The van der Waals surface area contributed by atoms with Gasteiger partial charge in [0.2, 0.25) is 0 Å². The van der Waals surface area contributed by atoms with Gasteiger partial charge in [0.1, 0.15) is 0 Å². The molecule has 18 heavy (non-hydrogen) atoms. The molecule has 0 fully saturated rings. The lowest BCUT2D eigenvalue weighted by atomic mass is 10.1. The highest BCUT2D eigenvalue weighted by atomic mass is 16.6. The number of nitrogens with zero attached hydrogens (tertiary/aromatic N) is 2. The standard InChI is InChI=1S/C14H10N2O2/c17-16(18)14-6-3-4-11(8-14)12-9-13-5-1-2-7-15(13)10-12/h1-10H. The Hall–Kier alpha value is -2.62. The van der Waals surface area contributed by atoms with Crippen LogP contribution in [0.2, 0.25) is 0 Å². The minimum atomic E-state index is -0.376. The molecule has 0 atom stereocenters. The second-order valence-corrected chi connectivity index (χ2v) is 4.07. The van der Waals surface area contributed by atoms with Crippen molar-refractivity contribution < 1.29 is 4.92 Å². The summed E-state index contributed by atoms with van der Waals surface area (Å²) in [5.74, 6) is 0. The van der Waals surface area contributed by atoms with Crippen LogP contribution in [0.25, 0.3) is 16.6 Å². The van der Waals surface area contributed by atoms with Gasteiger partial charge < -0.3 is 4.40 Å². The molecular formula is C14H10N2O2. The first-order valence-corrected chi connectivity index (χ1v) is 5.55. The Kier molecular flexibility index (Phi) is 2.34. The molecule has 4 heteroatoms. The lowest BCUT2D eigenvalue weighted by Crippen LogP contribution is -1.87. The lowest BCUT2D eigenvalue weighted by molar-refractivity contribution is -0.384. The van der Waals surface area contributed by atoms with Gasteiger partial charge in [-0.3, -0.25) is 10.1 Å². The number of nitro benzene ring substituents is 1. The summed E-state index contributed by atoms with van der Waals surface area (Å²) in [5.41, 5.74) is 3.01. The van der Waals surface area contributed by atoms with Gasteiger partial charge in [0.05, 0.1) is 4.92 Å². The van der Waals surface area contributed by atoms with E-state index < -0.39 is 0 Å². The minimum Gasteiger partial charge on any atom is -0.323 e. The highest BCUT2D eigenvalue weighted by molar-refractivity contribution is 5.71. The number of nitro groups is 1. The number of fused-ring (bicyclic) bond motifs is 1. The van der Waals surface area contributed by atoms with E-state index in [0.717, 1.165) is 16.6 Å². The molecule has 0 saturated heterocycles. The van der Waals surface area contributed by atoms with E-state index in [1.54, 1.807) is 12.1 Å². The fraction of sp³-hybridized carbons (Fsp3) is 0. The van der Waals surface area contributed by atoms with Crippen LogP contribution < -0.4 is 0 Å². The first-order chi connectivity index (χ1) is 8.74. The van der Waals surface area contributed by atoms with Crippen LogP contribution in [0.15, 0.2) is 60.9 Å². The normalized spacial score (nSPS) is 10.7. The maximum atomic E-state index is 10.8. The Morgan fingerprint density at radius 1 is 1.00 bits per heavy atom.